The van der Waals surface area contributed by atoms with Gasteiger partial charge in [-0.05, 0) is 12.0 Å². The van der Waals surface area contributed by atoms with Gasteiger partial charge in [0.25, 0.3) is 5.56 Å². The van der Waals surface area contributed by atoms with E-state index in [1.807, 2.05) is 65.6 Å². The zero-order chi connectivity index (χ0) is 22.9. The third-order valence-corrected chi connectivity index (χ3v) is 6.92. The summed E-state index contributed by atoms with van der Waals surface area (Å²) in [4.78, 5) is 37.9. The van der Waals surface area contributed by atoms with Crippen molar-refractivity contribution < 1.29 is 4.79 Å². The van der Waals surface area contributed by atoms with E-state index >= 15 is 0 Å². The minimum absolute atomic E-state index is 0.144. The second kappa shape index (κ2) is 8.76. The van der Waals surface area contributed by atoms with Gasteiger partial charge in [0.1, 0.15) is 11.9 Å². The van der Waals surface area contributed by atoms with Gasteiger partial charge in [-0.2, -0.15) is 0 Å². The number of rotatable bonds is 5. The number of carbonyl (C=O) groups is 1. The van der Waals surface area contributed by atoms with Gasteiger partial charge in [-0.3, -0.25) is 14.2 Å². The van der Waals surface area contributed by atoms with Crippen LogP contribution in [0.25, 0.3) is 21.7 Å². The van der Waals surface area contributed by atoms with Gasteiger partial charge < -0.3 is 16.0 Å². The summed E-state index contributed by atoms with van der Waals surface area (Å²) in [7, 11) is 1.70. The van der Waals surface area contributed by atoms with E-state index in [4.69, 9.17) is 10.7 Å². The minimum atomic E-state index is -0.549. The molecule has 33 heavy (non-hydrogen) atoms. The van der Waals surface area contributed by atoms with Gasteiger partial charge in [-0.25, -0.2) is 9.97 Å². The Kier molecular flexibility index (Phi) is 5.65. The van der Waals surface area contributed by atoms with Crippen LogP contribution in [0, 0.1) is 0 Å². The first-order chi connectivity index (χ1) is 16.0. The molecule has 1 fully saturated rings. The van der Waals surface area contributed by atoms with Crippen molar-refractivity contribution in [1.29, 1.82) is 0 Å². The number of hydrogen-bond acceptors (Lipinski definition) is 7. The zero-order valence-corrected chi connectivity index (χ0v) is 19.0. The lowest BCUT2D eigenvalue weighted by Gasteiger charge is -2.25. The van der Waals surface area contributed by atoms with Gasteiger partial charge in [0, 0.05) is 31.7 Å². The van der Waals surface area contributed by atoms with Crippen LogP contribution in [0.4, 0.5) is 5.13 Å². The number of thiazole rings is 1. The predicted molar refractivity (Wildman–Crippen MR) is 130 cm³/mol. The average molecular weight is 461 g/mol. The van der Waals surface area contributed by atoms with Crippen LogP contribution in [0.15, 0.2) is 65.5 Å². The number of nitrogens with zero attached hydrogens (tertiary/aromatic N) is 4. The third kappa shape index (κ3) is 4.01. The van der Waals surface area contributed by atoms with E-state index < -0.39 is 6.04 Å². The fourth-order valence-corrected chi connectivity index (χ4v) is 5.16. The molecule has 2 atom stereocenters. The molecule has 2 aromatic heterocycles. The van der Waals surface area contributed by atoms with Crippen LogP contribution in [-0.2, 0) is 18.4 Å². The largest absolute Gasteiger partial charge is 0.350 e. The topological polar surface area (TPSA) is 106 Å². The molecular weight excluding hydrogens is 436 g/mol. The molecule has 3 heterocycles. The van der Waals surface area contributed by atoms with E-state index in [0.717, 1.165) is 11.1 Å². The fraction of sp³-hybridized carbons (Fsp3) is 0.250. The number of anilines is 1. The molecule has 1 aliphatic rings. The smallest absolute Gasteiger partial charge is 0.281 e. The van der Waals surface area contributed by atoms with Crippen LogP contribution in [0.1, 0.15) is 12.0 Å². The monoisotopic (exact) mass is 460 g/mol. The van der Waals surface area contributed by atoms with Crippen molar-refractivity contribution in [3.05, 3.63) is 76.6 Å². The highest BCUT2D eigenvalue weighted by molar-refractivity contribution is 7.21. The molecule has 168 valence electrons. The molecule has 8 nitrogen and oxygen atoms in total. The Morgan fingerprint density at radius 1 is 1.12 bits per heavy atom. The number of hydrogen-bond donors (Lipinski definition) is 2. The van der Waals surface area contributed by atoms with Crippen LogP contribution >= 0.6 is 11.3 Å². The predicted octanol–water partition coefficient (Wildman–Crippen LogP) is 2.28. The maximum Gasteiger partial charge on any atom is 0.281 e. The van der Waals surface area contributed by atoms with Crippen LogP contribution in [0.3, 0.4) is 0 Å². The van der Waals surface area contributed by atoms with Gasteiger partial charge in [0.15, 0.2) is 15.5 Å². The number of nitrogens with two attached hydrogens (primary N) is 1. The Bertz CT molecular complexity index is 1350. The Balaban J connectivity index is 1.45. The Morgan fingerprint density at radius 3 is 2.55 bits per heavy atom. The molecule has 0 aliphatic carbocycles. The summed E-state index contributed by atoms with van der Waals surface area (Å²) < 4.78 is 1.51. The molecule has 0 radical (unpaired) electrons. The molecule has 0 unspecified atom stereocenters. The van der Waals surface area contributed by atoms with Gasteiger partial charge in [0.05, 0.1) is 0 Å². The van der Waals surface area contributed by atoms with Crippen LogP contribution < -0.4 is 21.5 Å². The number of aromatic nitrogens is 3. The van der Waals surface area contributed by atoms with Gasteiger partial charge in [-0.15, -0.1) is 0 Å². The van der Waals surface area contributed by atoms with Crippen molar-refractivity contribution in [3.8, 4) is 11.4 Å². The second-order valence-corrected chi connectivity index (χ2v) is 9.07. The molecular formula is C24H24N6O2S. The third-order valence-electron chi connectivity index (χ3n) is 5.93. The molecule has 1 amide bonds. The molecule has 9 heteroatoms. The number of benzene rings is 2. The van der Waals surface area contributed by atoms with E-state index in [0.29, 0.717) is 40.8 Å². The highest BCUT2D eigenvalue weighted by atomic mass is 32.1. The highest BCUT2D eigenvalue weighted by Gasteiger charge is 2.39. The van der Waals surface area contributed by atoms with Gasteiger partial charge in [0.2, 0.25) is 5.91 Å². The van der Waals surface area contributed by atoms with Crippen molar-refractivity contribution in [1.82, 2.24) is 19.9 Å². The minimum Gasteiger partial charge on any atom is -0.350 e. The van der Waals surface area contributed by atoms with Crippen molar-refractivity contribution in [2.24, 2.45) is 12.8 Å². The molecule has 2 aromatic carbocycles. The molecule has 1 saturated heterocycles. The molecule has 1 aliphatic heterocycles. The van der Waals surface area contributed by atoms with E-state index in [1.54, 1.807) is 7.05 Å². The first-order valence-corrected chi connectivity index (χ1v) is 11.6. The summed E-state index contributed by atoms with van der Waals surface area (Å²) in [5.74, 6) is 0.438. The molecule has 0 bridgehead atoms. The van der Waals surface area contributed by atoms with Gasteiger partial charge >= 0.3 is 0 Å². The average Bonchev–Trinajstić information content (AvgIpc) is 3.44. The van der Waals surface area contributed by atoms with E-state index in [9.17, 15) is 9.59 Å². The Hall–Kier alpha value is -3.56. The van der Waals surface area contributed by atoms with Crippen LogP contribution in [0.2, 0.25) is 0 Å². The standard InChI is InChI=1S/C24H24N6O2S/c1-29-20(16-10-6-3-7-11-16)28-22-18(23(29)32)27-24(33-22)30-13-12-17(25)19(30)21(31)26-14-15-8-4-2-5-9-15/h2-11,17,19H,12-14,25H2,1H3,(H,26,31)/t17-,19+/m0/s1. The molecule has 0 saturated carbocycles. The van der Waals surface area contributed by atoms with Crippen molar-refractivity contribution in [2.75, 3.05) is 11.4 Å². The van der Waals surface area contributed by atoms with E-state index in [1.165, 1.54) is 15.9 Å². The highest BCUT2D eigenvalue weighted by Crippen LogP contribution is 2.32. The zero-order valence-electron chi connectivity index (χ0n) is 18.1. The van der Waals surface area contributed by atoms with Gasteiger partial charge in [-0.1, -0.05) is 72.0 Å². The fourth-order valence-electron chi connectivity index (χ4n) is 4.17. The molecule has 5 rings (SSSR count). The van der Waals surface area contributed by atoms with E-state index in [-0.39, 0.29) is 17.5 Å². The molecule has 4 aromatic rings. The maximum atomic E-state index is 13.1. The summed E-state index contributed by atoms with van der Waals surface area (Å²) in [5.41, 5.74) is 8.29. The number of nitrogens with one attached hydrogen (secondary N) is 1. The SMILES string of the molecule is Cn1c(-c2ccccc2)nc2sc(N3CC[C@H](N)[C@@H]3C(=O)NCc3ccccc3)nc2c1=O. The Labute approximate surface area is 194 Å². The van der Waals surface area contributed by atoms with Crippen molar-refractivity contribution in [3.63, 3.8) is 0 Å². The first kappa shape index (κ1) is 21.3. The lowest BCUT2D eigenvalue weighted by Crippen LogP contribution is -2.50. The number of carbonyl (C=O) groups excluding carboxylic acids is 1. The first-order valence-electron chi connectivity index (χ1n) is 10.8. The van der Waals surface area contributed by atoms with Crippen LogP contribution in [-0.4, -0.2) is 39.1 Å². The number of fused-ring (bicyclic) bond motifs is 1. The number of amides is 1. The summed E-state index contributed by atoms with van der Waals surface area (Å²) in [5, 5.41) is 3.58. The lowest BCUT2D eigenvalue weighted by atomic mass is 10.1. The molecule has 3 N–H and O–H groups in total. The van der Waals surface area contributed by atoms with E-state index in [2.05, 4.69) is 10.3 Å². The Morgan fingerprint density at radius 2 is 1.82 bits per heavy atom. The molecule has 0 spiro atoms. The summed E-state index contributed by atoms with van der Waals surface area (Å²) in [6.07, 6.45) is 0.667. The second-order valence-electron chi connectivity index (χ2n) is 8.11. The normalized spacial score (nSPS) is 18.1. The summed E-state index contributed by atoms with van der Waals surface area (Å²) >= 11 is 1.32. The lowest BCUT2D eigenvalue weighted by molar-refractivity contribution is -0.122. The quantitative estimate of drug-likeness (QED) is 0.473. The maximum absolute atomic E-state index is 13.1. The van der Waals surface area contributed by atoms with Crippen molar-refractivity contribution >= 4 is 32.7 Å². The summed E-state index contributed by atoms with van der Waals surface area (Å²) in [6, 6.07) is 18.5. The van der Waals surface area contributed by atoms with Crippen LogP contribution in [0.5, 0.6) is 0 Å². The van der Waals surface area contributed by atoms with Crippen molar-refractivity contribution in [2.45, 2.75) is 25.0 Å². The summed E-state index contributed by atoms with van der Waals surface area (Å²) in [6.45, 7) is 1.02.